The number of nitriles is 1. The minimum atomic E-state index is -1.78. The van der Waals surface area contributed by atoms with Gasteiger partial charge in [0, 0.05) is 24.3 Å². The third kappa shape index (κ3) is 1.86. The van der Waals surface area contributed by atoms with Gasteiger partial charge in [-0.2, -0.15) is 5.26 Å². The Kier molecular flexibility index (Phi) is 3.68. The molecule has 9 nitrogen and oxygen atoms in total. The first-order chi connectivity index (χ1) is 13.4. The number of hydrogen-bond acceptors (Lipinski definition) is 6. The van der Waals surface area contributed by atoms with Crippen LogP contribution in [-0.4, -0.2) is 15.0 Å². The topological polar surface area (TPSA) is 132 Å². The lowest BCUT2D eigenvalue weighted by atomic mass is 9.69. The van der Waals surface area contributed by atoms with E-state index in [1.54, 1.807) is 38.1 Å². The number of carbonyl (C=O) groups is 1. The molecule has 1 amide bonds. The Bertz CT molecular complexity index is 1230. The Morgan fingerprint density at radius 2 is 1.86 bits per heavy atom. The molecule has 2 aliphatic heterocycles. The van der Waals surface area contributed by atoms with Crippen LogP contribution in [0, 0.1) is 11.3 Å². The maximum Gasteiger partial charge on any atom is 0.333 e. The van der Waals surface area contributed by atoms with Crippen molar-refractivity contribution >= 4 is 11.6 Å². The normalized spacial score (nSPS) is 19.7. The molecular weight excluding hydrogens is 362 g/mol. The van der Waals surface area contributed by atoms with Gasteiger partial charge in [-0.25, -0.2) is 4.79 Å². The fourth-order valence-electron chi connectivity index (χ4n) is 4.02. The number of aromatic nitrogens is 2. The lowest BCUT2D eigenvalue weighted by Crippen LogP contribution is -2.52. The summed E-state index contributed by atoms with van der Waals surface area (Å²) in [6.45, 7) is 3.66. The molecule has 28 heavy (non-hydrogen) atoms. The fourth-order valence-corrected chi connectivity index (χ4v) is 4.02. The molecule has 9 heteroatoms. The molecule has 3 N–H and O–H groups in total. The van der Waals surface area contributed by atoms with E-state index in [1.807, 2.05) is 6.07 Å². The first kappa shape index (κ1) is 17.6. The van der Waals surface area contributed by atoms with Gasteiger partial charge in [0.25, 0.3) is 5.56 Å². The molecule has 0 saturated heterocycles. The van der Waals surface area contributed by atoms with E-state index in [0.717, 1.165) is 4.57 Å². The molecule has 4 rings (SSSR count). The van der Waals surface area contributed by atoms with Crippen LogP contribution < -0.4 is 27.0 Å². The monoisotopic (exact) mass is 379 g/mol. The highest BCUT2D eigenvalue weighted by atomic mass is 16.5. The standard InChI is InChI=1S/C19H17N5O4/c1-3-23-15(25)13-16(24(4-2)18(23)27)28-14(21)11(9-20)19(13)10-7-5-6-8-12(10)22-17(19)26/h5-8H,3-4,21H2,1-2H3,(H,22,26). The zero-order chi connectivity index (χ0) is 20.2. The Morgan fingerprint density at radius 3 is 2.50 bits per heavy atom. The van der Waals surface area contributed by atoms with Crippen LogP contribution in [0.2, 0.25) is 0 Å². The van der Waals surface area contributed by atoms with Gasteiger partial charge in [-0.3, -0.25) is 18.7 Å². The summed E-state index contributed by atoms with van der Waals surface area (Å²) in [5.74, 6) is -0.999. The van der Waals surface area contributed by atoms with Crippen molar-refractivity contribution in [2.75, 3.05) is 5.32 Å². The van der Waals surface area contributed by atoms with Gasteiger partial charge in [0.1, 0.15) is 17.2 Å². The molecule has 1 aromatic carbocycles. The van der Waals surface area contributed by atoms with Gasteiger partial charge in [0.15, 0.2) is 5.41 Å². The van der Waals surface area contributed by atoms with Crippen molar-refractivity contribution in [3.05, 3.63) is 67.7 Å². The van der Waals surface area contributed by atoms with Crippen LogP contribution in [0.5, 0.6) is 5.88 Å². The Morgan fingerprint density at radius 1 is 1.18 bits per heavy atom. The van der Waals surface area contributed by atoms with Gasteiger partial charge in [-0.15, -0.1) is 0 Å². The number of nitrogens with two attached hydrogens (primary N) is 1. The highest BCUT2D eigenvalue weighted by Gasteiger charge is 2.59. The maximum atomic E-state index is 13.3. The van der Waals surface area contributed by atoms with Crippen molar-refractivity contribution in [3.8, 4) is 11.9 Å². The minimum absolute atomic E-state index is 0.0796. The number of amides is 1. The molecule has 1 aromatic heterocycles. The summed E-state index contributed by atoms with van der Waals surface area (Å²) in [4.78, 5) is 39.3. The number of hydrogen-bond donors (Lipinski definition) is 2. The highest BCUT2D eigenvalue weighted by Crippen LogP contribution is 2.51. The number of carbonyl (C=O) groups excluding carboxylic acids is 1. The zero-order valence-electron chi connectivity index (χ0n) is 15.3. The smallest absolute Gasteiger partial charge is 0.333 e. The van der Waals surface area contributed by atoms with Crippen LogP contribution in [0.1, 0.15) is 25.0 Å². The lowest BCUT2D eigenvalue weighted by Gasteiger charge is -2.34. The number of ether oxygens (including phenoxy) is 1. The average molecular weight is 379 g/mol. The van der Waals surface area contributed by atoms with E-state index in [-0.39, 0.29) is 36.0 Å². The number of nitrogens with zero attached hydrogens (tertiary/aromatic N) is 3. The number of para-hydroxylation sites is 1. The zero-order valence-corrected chi connectivity index (χ0v) is 15.3. The second-order valence-corrected chi connectivity index (χ2v) is 6.46. The van der Waals surface area contributed by atoms with E-state index in [9.17, 15) is 19.6 Å². The van der Waals surface area contributed by atoms with E-state index in [0.29, 0.717) is 11.3 Å². The van der Waals surface area contributed by atoms with E-state index in [1.165, 1.54) is 4.57 Å². The van der Waals surface area contributed by atoms with Crippen LogP contribution in [0.15, 0.2) is 45.3 Å². The van der Waals surface area contributed by atoms with Crippen LogP contribution in [0.25, 0.3) is 0 Å². The maximum absolute atomic E-state index is 13.3. The van der Waals surface area contributed by atoms with Crippen LogP contribution >= 0.6 is 0 Å². The molecule has 2 aromatic rings. The minimum Gasteiger partial charge on any atom is -0.423 e. The van der Waals surface area contributed by atoms with E-state index < -0.39 is 22.6 Å². The van der Waals surface area contributed by atoms with E-state index in [2.05, 4.69) is 5.32 Å². The quantitative estimate of drug-likeness (QED) is 0.775. The summed E-state index contributed by atoms with van der Waals surface area (Å²) in [5, 5.41) is 12.6. The van der Waals surface area contributed by atoms with Gasteiger partial charge in [-0.1, -0.05) is 18.2 Å². The van der Waals surface area contributed by atoms with Crippen molar-refractivity contribution in [1.29, 1.82) is 5.26 Å². The first-order valence-corrected chi connectivity index (χ1v) is 8.80. The van der Waals surface area contributed by atoms with Crippen molar-refractivity contribution in [1.82, 2.24) is 9.13 Å². The molecule has 1 unspecified atom stereocenters. The van der Waals surface area contributed by atoms with E-state index >= 15 is 0 Å². The number of nitrogens with one attached hydrogen (secondary N) is 1. The van der Waals surface area contributed by atoms with E-state index in [4.69, 9.17) is 10.5 Å². The summed E-state index contributed by atoms with van der Waals surface area (Å²) < 4.78 is 7.85. The average Bonchev–Trinajstić information content (AvgIpc) is 2.95. The van der Waals surface area contributed by atoms with Crippen molar-refractivity contribution in [3.63, 3.8) is 0 Å². The molecule has 142 valence electrons. The predicted molar refractivity (Wildman–Crippen MR) is 99.6 cm³/mol. The van der Waals surface area contributed by atoms with Gasteiger partial charge >= 0.3 is 5.69 Å². The highest BCUT2D eigenvalue weighted by molar-refractivity contribution is 6.12. The van der Waals surface area contributed by atoms with Crippen LogP contribution in [0.4, 0.5) is 5.69 Å². The summed E-state index contributed by atoms with van der Waals surface area (Å²) in [7, 11) is 0. The van der Waals surface area contributed by atoms with Crippen molar-refractivity contribution < 1.29 is 9.53 Å². The summed E-state index contributed by atoms with van der Waals surface area (Å²) in [6, 6.07) is 8.72. The molecule has 0 bridgehead atoms. The predicted octanol–water partition coefficient (Wildman–Crippen LogP) is 0.374. The van der Waals surface area contributed by atoms with Gasteiger partial charge in [0.05, 0.1) is 0 Å². The third-order valence-electron chi connectivity index (χ3n) is 5.25. The molecule has 1 atom stereocenters. The second-order valence-electron chi connectivity index (χ2n) is 6.46. The fraction of sp³-hybridized carbons (Fsp3) is 0.263. The van der Waals surface area contributed by atoms with Crippen molar-refractivity contribution in [2.45, 2.75) is 32.4 Å². The van der Waals surface area contributed by atoms with Crippen molar-refractivity contribution in [2.24, 2.45) is 5.73 Å². The Labute approximate surface area is 159 Å². The summed E-state index contributed by atoms with van der Waals surface area (Å²) >= 11 is 0. The summed E-state index contributed by atoms with van der Waals surface area (Å²) in [6.07, 6.45) is 0. The molecule has 3 heterocycles. The Balaban J connectivity index is 2.28. The molecule has 0 fully saturated rings. The van der Waals surface area contributed by atoms with Gasteiger partial charge in [0.2, 0.25) is 17.7 Å². The van der Waals surface area contributed by atoms with Gasteiger partial charge in [-0.05, 0) is 19.9 Å². The SMILES string of the molecule is CCn1c2c(c(=O)n(CC)c1=O)C1(C(=O)Nc3ccccc31)C(C#N)=C(N)O2. The number of benzene rings is 1. The van der Waals surface area contributed by atoms with Crippen LogP contribution in [0.3, 0.4) is 0 Å². The molecule has 2 aliphatic rings. The molecule has 0 radical (unpaired) electrons. The number of rotatable bonds is 2. The van der Waals surface area contributed by atoms with Crippen LogP contribution in [-0.2, 0) is 23.3 Å². The lowest BCUT2D eigenvalue weighted by molar-refractivity contribution is -0.118. The Hall–Kier alpha value is -3.80. The molecule has 0 saturated carbocycles. The molecule has 0 aliphatic carbocycles. The number of anilines is 1. The third-order valence-corrected chi connectivity index (χ3v) is 5.25. The summed E-state index contributed by atoms with van der Waals surface area (Å²) in [5.41, 5.74) is 3.61. The molecular formula is C19H17N5O4. The van der Waals surface area contributed by atoms with Gasteiger partial charge < -0.3 is 15.8 Å². The second kappa shape index (κ2) is 5.85. The number of fused-ring (bicyclic) bond motifs is 4. The first-order valence-electron chi connectivity index (χ1n) is 8.80. The molecule has 1 spiro atoms. The largest absolute Gasteiger partial charge is 0.423 e.